The third-order valence-corrected chi connectivity index (χ3v) is 6.97. The van der Waals surface area contributed by atoms with E-state index in [0.29, 0.717) is 23.0 Å². The SMILES string of the molecule is CCN(CC)CCN(C(=O)c1ccccc1I)c1nc2cc3c(cc2s1)OCO3.Cl. The lowest BCUT2D eigenvalue weighted by molar-refractivity contribution is 0.0983. The van der Waals surface area contributed by atoms with Crippen molar-refractivity contribution >= 4 is 67.6 Å². The lowest BCUT2D eigenvalue weighted by Crippen LogP contribution is -2.39. The third-order valence-electron chi connectivity index (χ3n) is 4.99. The Morgan fingerprint density at radius 3 is 2.53 bits per heavy atom. The number of benzene rings is 2. The maximum absolute atomic E-state index is 13.5. The van der Waals surface area contributed by atoms with Crippen LogP contribution in [0.4, 0.5) is 5.13 Å². The van der Waals surface area contributed by atoms with E-state index in [0.717, 1.165) is 39.2 Å². The fourth-order valence-electron chi connectivity index (χ4n) is 3.27. The number of halogens is 2. The topological polar surface area (TPSA) is 54.9 Å². The molecule has 0 fully saturated rings. The van der Waals surface area contributed by atoms with E-state index in [1.807, 2.05) is 36.4 Å². The number of carbonyl (C=O) groups excluding carboxylic acids is 1. The normalized spacial score (nSPS) is 12.3. The molecule has 9 heteroatoms. The van der Waals surface area contributed by atoms with Crippen LogP contribution in [0.1, 0.15) is 24.2 Å². The fourth-order valence-corrected chi connectivity index (χ4v) is 4.89. The molecule has 1 aliphatic heterocycles. The van der Waals surface area contributed by atoms with E-state index in [1.165, 1.54) is 11.3 Å². The van der Waals surface area contributed by atoms with Crippen molar-refractivity contribution in [3.63, 3.8) is 0 Å². The van der Waals surface area contributed by atoms with Crippen LogP contribution in [0.15, 0.2) is 36.4 Å². The molecular weight excluding hydrogens is 537 g/mol. The van der Waals surface area contributed by atoms with Crippen molar-refractivity contribution in [2.24, 2.45) is 0 Å². The predicted octanol–water partition coefficient (Wildman–Crippen LogP) is 5.04. The van der Waals surface area contributed by atoms with Crippen LogP contribution in [-0.2, 0) is 0 Å². The van der Waals surface area contributed by atoms with Gasteiger partial charge in [0.25, 0.3) is 5.91 Å². The molecule has 1 aliphatic rings. The van der Waals surface area contributed by atoms with Gasteiger partial charge in [0.2, 0.25) is 6.79 Å². The molecule has 2 heterocycles. The number of fused-ring (bicyclic) bond motifs is 2. The average Bonchev–Trinajstić information content (AvgIpc) is 3.35. The summed E-state index contributed by atoms with van der Waals surface area (Å²) in [5.41, 5.74) is 1.51. The Bertz CT molecular complexity index is 1000. The van der Waals surface area contributed by atoms with E-state index in [-0.39, 0.29) is 25.1 Å². The van der Waals surface area contributed by atoms with Gasteiger partial charge in [0.1, 0.15) is 0 Å². The first kappa shape index (κ1) is 23.1. The minimum absolute atomic E-state index is 0. The maximum Gasteiger partial charge on any atom is 0.261 e. The highest BCUT2D eigenvalue weighted by Gasteiger charge is 2.24. The van der Waals surface area contributed by atoms with Crippen LogP contribution in [0.2, 0.25) is 0 Å². The molecule has 1 amide bonds. The van der Waals surface area contributed by atoms with Crippen LogP contribution in [-0.4, -0.2) is 48.8 Å². The Morgan fingerprint density at radius 1 is 1.13 bits per heavy atom. The zero-order valence-electron chi connectivity index (χ0n) is 16.8. The Kier molecular flexibility index (Phi) is 7.78. The van der Waals surface area contributed by atoms with E-state index < -0.39 is 0 Å². The number of amides is 1. The molecule has 1 aromatic heterocycles. The smallest absolute Gasteiger partial charge is 0.261 e. The summed E-state index contributed by atoms with van der Waals surface area (Å²) in [7, 11) is 0. The van der Waals surface area contributed by atoms with Crippen molar-refractivity contribution in [1.29, 1.82) is 0 Å². The van der Waals surface area contributed by atoms with E-state index in [4.69, 9.17) is 14.5 Å². The van der Waals surface area contributed by atoms with Crippen molar-refractivity contribution in [3.8, 4) is 11.5 Å². The molecule has 30 heavy (non-hydrogen) atoms. The Hall–Kier alpha value is -1.62. The zero-order chi connectivity index (χ0) is 20.4. The Balaban J connectivity index is 0.00000256. The van der Waals surface area contributed by atoms with Gasteiger partial charge in [-0.2, -0.15) is 0 Å². The number of carbonyl (C=O) groups is 1. The number of likely N-dealkylation sites (N-methyl/N-ethyl adjacent to an activating group) is 1. The first-order chi connectivity index (χ1) is 14.1. The van der Waals surface area contributed by atoms with E-state index in [2.05, 4.69) is 41.3 Å². The number of thiazole rings is 1. The molecule has 0 bridgehead atoms. The molecular formula is C21H23ClIN3O3S. The highest BCUT2D eigenvalue weighted by Crippen LogP contribution is 2.40. The van der Waals surface area contributed by atoms with Crippen LogP contribution in [0.5, 0.6) is 11.5 Å². The van der Waals surface area contributed by atoms with Gasteiger partial charge in [-0.05, 0) is 47.8 Å². The largest absolute Gasteiger partial charge is 0.454 e. The summed E-state index contributed by atoms with van der Waals surface area (Å²) >= 11 is 3.72. The van der Waals surface area contributed by atoms with Crippen molar-refractivity contribution < 1.29 is 14.3 Å². The highest BCUT2D eigenvalue weighted by molar-refractivity contribution is 14.1. The predicted molar refractivity (Wildman–Crippen MR) is 132 cm³/mol. The van der Waals surface area contributed by atoms with Crippen LogP contribution in [0.3, 0.4) is 0 Å². The molecule has 3 aromatic rings. The summed E-state index contributed by atoms with van der Waals surface area (Å²) in [5, 5.41) is 0.695. The molecule has 0 aliphatic carbocycles. The average molecular weight is 560 g/mol. The molecule has 0 unspecified atom stereocenters. The molecule has 0 N–H and O–H groups in total. The molecule has 2 aromatic carbocycles. The minimum Gasteiger partial charge on any atom is -0.454 e. The second-order valence-corrected chi connectivity index (χ2v) is 8.80. The summed E-state index contributed by atoms with van der Waals surface area (Å²) in [5.74, 6) is 1.40. The van der Waals surface area contributed by atoms with Crippen LogP contribution >= 0.6 is 46.3 Å². The number of hydrogen-bond acceptors (Lipinski definition) is 6. The van der Waals surface area contributed by atoms with Gasteiger partial charge in [0.05, 0.1) is 15.8 Å². The lowest BCUT2D eigenvalue weighted by atomic mass is 10.2. The summed E-state index contributed by atoms with van der Waals surface area (Å²) in [4.78, 5) is 22.3. The lowest BCUT2D eigenvalue weighted by Gasteiger charge is -2.25. The molecule has 0 saturated carbocycles. The molecule has 0 saturated heterocycles. The Labute approximate surface area is 199 Å². The number of rotatable bonds is 7. The minimum atomic E-state index is -0.0266. The molecule has 0 atom stereocenters. The summed E-state index contributed by atoms with van der Waals surface area (Å²) in [6.07, 6.45) is 0. The molecule has 6 nitrogen and oxygen atoms in total. The molecule has 4 rings (SSSR count). The highest BCUT2D eigenvalue weighted by atomic mass is 127. The number of anilines is 1. The molecule has 0 radical (unpaired) electrons. The van der Waals surface area contributed by atoms with E-state index in [9.17, 15) is 4.79 Å². The van der Waals surface area contributed by atoms with Gasteiger partial charge >= 0.3 is 0 Å². The number of aromatic nitrogens is 1. The summed E-state index contributed by atoms with van der Waals surface area (Å²) in [6.45, 7) is 7.77. The quantitative estimate of drug-likeness (QED) is 0.380. The van der Waals surface area contributed by atoms with Gasteiger partial charge in [-0.3, -0.25) is 9.69 Å². The zero-order valence-corrected chi connectivity index (χ0v) is 20.6. The van der Waals surface area contributed by atoms with Gasteiger partial charge in [-0.15, -0.1) is 12.4 Å². The molecule has 160 valence electrons. The van der Waals surface area contributed by atoms with E-state index >= 15 is 0 Å². The first-order valence-corrected chi connectivity index (χ1v) is 11.5. The second-order valence-electron chi connectivity index (χ2n) is 6.63. The molecule has 0 spiro atoms. The number of nitrogens with zero attached hydrogens (tertiary/aromatic N) is 3. The second kappa shape index (κ2) is 10.1. The van der Waals surface area contributed by atoms with Gasteiger partial charge in [0.15, 0.2) is 16.6 Å². The van der Waals surface area contributed by atoms with Crippen molar-refractivity contribution in [3.05, 3.63) is 45.5 Å². The van der Waals surface area contributed by atoms with Gasteiger partial charge < -0.3 is 14.4 Å². The van der Waals surface area contributed by atoms with Crippen LogP contribution < -0.4 is 14.4 Å². The summed E-state index contributed by atoms with van der Waals surface area (Å²) in [6, 6.07) is 11.5. The maximum atomic E-state index is 13.5. The number of ether oxygens (including phenoxy) is 2. The van der Waals surface area contributed by atoms with Crippen molar-refractivity contribution in [2.45, 2.75) is 13.8 Å². The fraction of sp³-hybridized carbons (Fsp3) is 0.333. The Morgan fingerprint density at radius 2 is 1.83 bits per heavy atom. The van der Waals surface area contributed by atoms with Crippen molar-refractivity contribution in [2.75, 3.05) is 37.9 Å². The van der Waals surface area contributed by atoms with Gasteiger partial charge in [-0.1, -0.05) is 37.3 Å². The van der Waals surface area contributed by atoms with Gasteiger partial charge in [-0.25, -0.2) is 4.98 Å². The van der Waals surface area contributed by atoms with E-state index in [1.54, 1.807) is 4.90 Å². The van der Waals surface area contributed by atoms with Crippen molar-refractivity contribution in [1.82, 2.24) is 9.88 Å². The number of hydrogen-bond donors (Lipinski definition) is 0. The summed E-state index contributed by atoms with van der Waals surface area (Å²) < 4.78 is 12.9. The third kappa shape index (κ3) is 4.66. The van der Waals surface area contributed by atoms with Crippen LogP contribution in [0, 0.1) is 3.57 Å². The van der Waals surface area contributed by atoms with Gasteiger partial charge in [0, 0.05) is 28.8 Å². The van der Waals surface area contributed by atoms with Crippen LogP contribution in [0.25, 0.3) is 10.2 Å². The standard InChI is InChI=1S/C21H22IN3O3S.ClH/c1-3-24(4-2)9-10-25(20(26)14-7-5-6-8-15(14)22)21-23-16-11-17-18(28-13-27-17)12-19(16)29-21;/h5-8,11-12H,3-4,9-10,13H2,1-2H3;1H. The first-order valence-electron chi connectivity index (χ1n) is 9.59. The monoisotopic (exact) mass is 559 g/mol.